The Kier molecular flexibility index (Phi) is 4.72. The van der Waals surface area contributed by atoms with Crippen LogP contribution in [0.2, 0.25) is 0 Å². The molecule has 146 valence electrons. The van der Waals surface area contributed by atoms with Gasteiger partial charge in [-0.05, 0) is 17.7 Å². The van der Waals surface area contributed by atoms with Crippen LogP contribution in [0.5, 0.6) is 0 Å². The number of carbonyl (C=O) groups excluding carboxylic acids is 4. The van der Waals surface area contributed by atoms with Crippen molar-refractivity contribution in [3.8, 4) is 0 Å². The van der Waals surface area contributed by atoms with Crippen LogP contribution in [0.3, 0.4) is 0 Å². The zero-order valence-electron chi connectivity index (χ0n) is 15.6. The van der Waals surface area contributed by atoms with Gasteiger partial charge in [0.05, 0.1) is 24.3 Å². The maximum absolute atomic E-state index is 12.8. The van der Waals surface area contributed by atoms with E-state index in [-0.39, 0.29) is 17.7 Å². The zero-order valence-corrected chi connectivity index (χ0v) is 15.6. The van der Waals surface area contributed by atoms with E-state index in [1.54, 1.807) is 36.4 Å². The molecule has 0 bridgehead atoms. The fourth-order valence-electron chi connectivity index (χ4n) is 3.64. The maximum atomic E-state index is 12.8. The molecule has 2 aromatic carbocycles. The smallest absolute Gasteiger partial charge is 0.325 e. The third kappa shape index (κ3) is 3.10. The van der Waals surface area contributed by atoms with Gasteiger partial charge in [-0.25, -0.2) is 0 Å². The lowest BCUT2D eigenvalue weighted by molar-refractivity contribution is -0.160. The summed E-state index contributed by atoms with van der Waals surface area (Å²) in [7, 11) is 1.24. The number of amides is 3. The van der Waals surface area contributed by atoms with Crippen LogP contribution in [0.25, 0.3) is 6.08 Å². The molecule has 0 N–H and O–H groups in total. The lowest BCUT2D eigenvalue weighted by atomic mass is 9.92. The first-order valence-corrected chi connectivity index (χ1v) is 9.10. The van der Waals surface area contributed by atoms with Gasteiger partial charge in [0, 0.05) is 0 Å². The summed E-state index contributed by atoms with van der Waals surface area (Å²) < 4.78 is 4.67. The highest BCUT2D eigenvalue weighted by atomic mass is 16.5. The largest absolute Gasteiger partial charge is 0.468 e. The predicted molar refractivity (Wildman–Crippen MR) is 104 cm³/mol. The molecule has 0 aromatic heterocycles. The Morgan fingerprint density at radius 2 is 1.55 bits per heavy atom. The molecular weight excluding hydrogens is 372 g/mol. The van der Waals surface area contributed by atoms with Crippen molar-refractivity contribution in [3.05, 3.63) is 77.4 Å². The molecule has 2 atom stereocenters. The quantitative estimate of drug-likeness (QED) is 0.441. The van der Waals surface area contributed by atoms with Crippen molar-refractivity contribution in [3.63, 3.8) is 0 Å². The first kappa shape index (κ1) is 18.6. The first-order chi connectivity index (χ1) is 14.0. The van der Waals surface area contributed by atoms with Gasteiger partial charge < -0.3 is 9.64 Å². The van der Waals surface area contributed by atoms with E-state index in [1.165, 1.54) is 12.0 Å². The van der Waals surface area contributed by atoms with Gasteiger partial charge in [0.1, 0.15) is 12.6 Å². The molecule has 7 heteroatoms. The van der Waals surface area contributed by atoms with Gasteiger partial charge in [-0.1, -0.05) is 54.6 Å². The number of imide groups is 1. The Balaban J connectivity index is 1.65. The molecule has 0 unspecified atom stereocenters. The molecule has 0 aliphatic carbocycles. The number of likely N-dealkylation sites (tertiary alicyclic amines) is 1. The average molecular weight is 390 g/mol. The molecule has 2 heterocycles. The van der Waals surface area contributed by atoms with Gasteiger partial charge in [0.2, 0.25) is 5.91 Å². The topological polar surface area (TPSA) is 84.0 Å². The zero-order chi connectivity index (χ0) is 20.5. The van der Waals surface area contributed by atoms with E-state index >= 15 is 0 Å². The number of hydrogen-bond donors (Lipinski definition) is 0. The molecule has 4 rings (SSSR count). The van der Waals surface area contributed by atoms with Crippen molar-refractivity contribution in [1.82, 2.24) is 9.80 Å². The van der Waals surface area contributed by atoms with Gasteiger partial charge >= 0.3 is 5.97 Å². The molecule has 0 radical (unpaired) electrons. The van der Waals surface area contributed by atoms with Gasteiger partial charge in [0.15, 0.2) is 0 Å². The molecule has 2 aromatic rings. The number of rotatable bonds is 5. The number of fused-ring (bicyclic) bond motifs is 1. The number of methoxy groups -OCH3 is 1. The highest BCUT2D eigenvalue weighted by Gasteiger charge is 2.55. The molecule has 0 spiro atoms. The van der Waals surface area contributed by atoms with Crippen LogP contribution in [0.15, 0.2) is 60.7 Å². The number of β-lactam (4-membered cyclic amide) rings is 1. The minimum absolute atomic E-state index is 0.251. The number of nitrogens with zero attached hydrogens (tertiary/aromatic N) is 2. The molecule has 29 heavy (non-hydrogen) atoms. The summed E-state index contributed by atoms with van der Waals surface area (Å²) in [6.45, 7) is -0.251. The van der Waals surface area contributed by atoms with Gasteiger partial charge in [-0.2, -0.15) is 0 Å². The Labute approximate surface area is 167 Å². The second-order valence-corrected chi connectivity index (χ2v) is 6.77. The van der Waals surface area contributed by atoms with Crippen LogP contribution in [0.4, 0.5) is 0 Å². The summed E-state index contributed by atoms with van der Waals surface area (Å²) in [4.78, 5) is 52.5. The predicted octanol–water partition coefficient (Wildman–Crippen LogP) is 1.75. The SMILES string of the molecule is COC(=O)CN1C(=O)[C@@H](N2C(=O)c3ccccc3C2=O)[C@H]1/C=C/c1ccccc1. The van der Waals surface area contributed by atoms with E-state index < -0.39 is 35.8 Å². The van der Waals surface area contributed by atoms with Crippen molar-refractivity contribution >= 4 is 29.8 Å². The average Bonchev–Trinajstić information content (AvgIpc) is 3.00. The van der Waals surface area contributed by atoms with Crippen LogP contribution < -0.4 is 0 Å². The fraction of sp³-hybridized carbons (Fsp3) is 0.182. The minimum atomic E-state index is -0.994. The normalized spacial score (nSPS) is 20.8. The lowest BCUT2D eigenvalue weighted by Crippen LogP contribution is -2.71. The van der Waals surface area contributed by atoms with Gasteiger partial charge in [-0.3, -0.25) is 24.1 Å². The Morgan fingerprint density at radius 3 is 2.14 bits per heavy atom. The molecule has 1 saturated heterocycles. The highest BCUT2D eigenvalue weighted by Crippen LogP contribution is 2.33. The number of ether oxygens (including phenoxy) is 1. The Hall–Kier alpha value is -3.74. The van der Waals surface area contributed by atoms with Crippen molar-refractivity contribution in [1.29, 1.82) is 0 Å². The monoisotopic (exact) mass is 390 g/mol. The number of carbonyl (C=O) groups is 4. The van der Waals surface area contributed by atoms with Crippen molar-refractivity contribution in [2.45, 2.75) is 12.1 Å². The molecule has 1 fully saturated rings. The number of esters is 1. The third-order valence-electron chi connectivity index (χ3n) is 5.14. The fourth-order valence-corrected chi connectivity index (χ4v) is 3.64. The Morgan fingerprint density at radius 1 is 0.966 bits per heavy atom. The number of benzene rings is 2. The van der Waals surface area contributed by atoms with E-state index in [9.17, 15) is 19.2 Å². The van der Waals surface area contributed by atoms with E-state index in [0.29, 0.717) is 0 Å². The van der Waals surface area contributed by atoms with E-state index in [1.807, 2.05) is 30.3 Å². The third-order valence-corrected chi connectivity index (χ3v) is 5.14. The van der Waals surface area contributed by atoms with Gasteiger partial charge in [-0.15, -0.1) is 0 Å². The number of hydrogen-bond acceptors (Lipinski definition) is 5. The lowest BCUT2D eigenvalue weighted by Gasteiger charge is -2.47. The summed E-state index contributed by atoms with van der Waals surface area (Å²) in [6, 6.07) is 14.3. The molecular formula is C22H18N2O5. The van der Waals surface area contributed by atoms with Crippen LogP contribution in [-0.4, -0.2) is 59.2 Å². The van der Waals surface area contributed by atoms with Crippen LogP contribution in [-0.2, 0) is 14.3 Å². The molecule has 2 aliphatic rings. The summed E-state index contributed by atoms with van der Waals surface area (Å²) in [5, 5.41) is 0. The summed E-state index contributed by atoms with van der Waals surface area (Å²) in [5.74, 6) is -2.04. The van der Waals surface area contributed by atoms with E-state index in [2.05, 4.69) is 4.74 Å². The van der Waals surface area contributed by atoms with Crippen molar-refractivity contribution < 1.29 is 23.9 Å². The maximum Gasteiger partial charge on any atom is 0.325 e. The minimum Gasteiger partial charge on any atom is -0.468 e. The summed E-state index contributed by atoms with van der Waals surface area (Å²) >= 11 is 0. The molecule has 0 saturated carbocycles. The first-order valence-electron chi connectivity index (χ1n) is 9.10. The van der Waals surface area contributed by atoms with Crippen LogP contribution in [0.1, 0.15) is 26.3 Å². The second-order valence-electron chi connectivity index (χ2n) is 6.77. The molecule has 2 aliphatic heterocycles. The molecule has 7 nitrogen and oxygen atoms in total. The van der Waals surface area contributed by atoms with Crippen LogP contribution >= 0.6 is 0 Å². The summed E-state index contributed by atoms with van der Waals surface area (Å²) in [5.41, 5.74) is 1.45. The van der Waals surface area contributed by atoms with E-state index in [4.69, 9.17) is 0 Å². The Bertz CT molecular complexity index is 996. The standard InChI is InChI=1S/C22H18N2O5/c1-29-18(25)13-23-17(12-11-14-7-3-2-4-8-14)19(22(23)28)24-20(26)15-9-5-6-10-16(15)21(24)27/h2-12,17,19H,13H2,1H3/b12-11+/t17-,19+/m1/s1. The van der Waals surface area contributed by atoms with Gasteiger partial charge in [0.25, 0.3) is 11.8 Å². The van der Waals surface area contributed by atoms with Crippen molar-refractivity contribution in [2.24, 2.45) is 0 Å². The summed E-state index contributed by atoms with van der Waals surface area (Å²) in [6.07, 6.45) is 3.53. The van der Waals surface area contributed by atoms with E-state index in [0.717, 1.165) is 10.5 Å². The second kappa shape index (κ2) is 7.35. The highest BCUT2D eigenvalue weighted by molar-refractivity contribution is 6.23. The van der Waals surface area contributed by atoms with Crippen LogP contribution in [0, 0.1) is 0 Å². The molecule has 3 amide bonds. The van der Waals surface area contributed by atoms with Crippen molar-refractivity contribution in [2.75, 3.05) is 13.7 Å².